The van der Waals surface area contributed by atoms with Crippen LogP contribution in [0.5, 0.6) is 0 Å². The predicted octanol–water partition coefficient (Wildman–Crippen LogP) is 3.65. The zero-order valence-electron chi connectivity index (χ0n) is 12.6. The first-order valence-corrected chi connectivity index (χ1v) is 9.11. The van der Waals surface area contributed by atoms with E-state index in [1.807, 2.05) is 6.92 Å². The number of rotatable bonds is 8. The normalized spacial score (nSPS) is 10.4. The lowest BCUT2D eigenvalue weighted by Crippen LogP contribution is -2.14. The van der Waals surface area contributed by atoms with Crippen LogP contribution in [0.2, 0.25) is 5.02 Å². The highest BCUT2D eigenvalue weighted by Crippen LogP contribution is 2.28. The van der Waals surface area contributed by atoms with Crippen molar-refractivity contribution in [3.8, 4) is 0 Å². The minimum absolute atomic E-state index is 0.0986. The summed E-state index contributed by atoms with van der Waals surface area (Å²) < 4.78 is 0.661. The maximum absolute atomic E-state index is 12.0. The number of hydrogen-bond donors (Lipinski definition) is 2. The molecule has 11 heteroatoms. The van der Waals surface area contributed by atoms with Crippen molar-refractivity contribution in [2.75, 3.05) is 22.9 Å². The summed E-state index contributed by atoms with van der Waals surface area (Å²) in [4.78, 5) is 22.2. The van der Waals surface area contributed by atoms with Gasteiger partial charge in [0.1, 0.15) is 0 Å². The van der Waals surface area contributed by atoms with Gasteiger partial charge in [-0.1, -0.05) is 41.6 Å². The van der Waals surface area contributed by atoms with Crippen LogP contribution in [0.25, 0.3) is 0 Å². The fraction of sp³-hybridized carbons (Fsp3) is 0.308. The molecule has 0 bridgehead atoms. The number of anilines is 2. The number of benzene rings is 1. The van der Waals surface area contributed by atoms with Crippen molar-refractivity contribution in [3.05, 3.63) is 33.3 Å². The lowest BCUT2D eigenvalue weighted by Gasteiger charge is -2.06. The third kappa shape index (κ3) is 5.32. The van der Waals surface area contributed by atoms with Crippen molar-refractivity contribution < 1.29 is 9.72 Å². The van der Waals surface area contributed by atoms with Gasteiger partial charge in [-0.05, 0) is 12.5 Å². The Hall–Kier alpha value is -1.91. The molecular formula is C13H14ClN5O3S2. The number of hydrogen-bond acceptors (Lipinski definition) is 8. The Bertz CT molecular complexity index is 740. The van der Waals surface area contributed by atoms with Gasteiger partial charge in [-0.15, -0.1) is 10.2 Å². The SMILES string of the molecule is CCCNc1nnc(SCC(=O)Nc2cc([N+](=O)[O-])ccc2Cl)s1. The molecule has 2 aromatic rings. The van der Waals surface area contributed by atoms with Crippen LogP contribution in [0.15, 0.2) is 22.5 Å². The highest BCUT2D eigenvalue weighted by Gasteiger charge is 2.13. The Morgan fingerprint density at radius 3 is 2.96 bits per heavy atom. The Balaban J connectivity index is 1.90. The molecule has 0 aliphatic heterocycles. The number of nitrogens with zero attached hydrogens (tertiary/aromatic N) is 3. The van der Waals surface area contributed by atoms with E-state index in [4.69, 9.17) is 11.6 Å². The zero-order valence-corrected chi connectivity index (χ0v) is 15.0. The lowest BCUT2D eigenvalue weighted by atomic mass is 10.3. The van der Waals surface area contributed by atoms with Gasteiger partial charge in [0.25, 0.3) is 5.69 Å². The van der Waals surface area contributed by atoms with E-state index in [0.717, 1.165) is 13.0 Å². The summed E-state index contributed by atoms with van der Waals surface area (Å²) in [6.45, 7) is 2.86. The van der Waals surface area contributed by atoms with Crippen LogP contribution in [0.3, 0.4) is 0 Å². The Labute approximate surface area is 151 Å². The van der Waals surface area contributed by atoms with Crippen LogP contribution in [0.4, 0.5) is 16.5 Å². The summed E-state index contributed by atoms with van der Waals surface area (Å²) >= 11 is 8.54. The number of halogens is 1. The number of carbonyl (C=O) groups excluding carboxylic acids is 1. The summed E-state index contributed by atoms with van der Waals surface area (Å²) in [5.41, 5.74) is 0.0668. The summed E-state index contributed by atoms with van der Waals surface area (Å²) in [7, 11) is 0. The van der Waals surface area contributed by atoms with E-state index in [9.17, 15) is 14.9 Å². The number of aromatic nitrogens is 2. The average Bonchev–Trinajstić information content (AvgIpc) is 3.00. The second kappa shape index (κ2) is 8.81. The van der Waals surface area contributed by atoms with Crippen LogP contribution >= 0.6 is 34.7 Å². The van der Waals surface area contributed by atoms with Crippen LogP contribution in [0.1, 0.15) is 13.3 Å². The molecular weight excluding hydrogens is 374 g/mol. The van der Waals surface area contributed by atoms with Gasteiger partial charge in [0.05, 0.1) is 21.4 Å². The van der Waals surface area contributed by atoms with Crippen molar-refractivity contribution in [1.82, 2.24) is 10.2 Å². The molecule has 0 fully saturated rings. The molecule has 2 rings (SSSR count). The van der Waals surface area contributed by atoms with Crippen LogP contribution in [-0.4, -0.2) is 33.3 Å². The first kappa shape index (κ1) is 18.4. The number of amides is 1. The van der Waals surface area contributed by atoms with Gasteiger partial charge in [0.15, 0.2) is 4.34 Å². The van der Waals surface area contributed by atoms with Gasteiger partial charge in [-0.3, -0.25) is 14.9 Å². The minimum atomic E-state index is -0.549. The van der Waals surface area contributed by atoms with Crippen LogP contribution in [0, 0.1) is 10.1 Å². The molecule has 2 N–H and O–H groups in total. The molecule has 0 atom stereocenters. The molecule has 1 aromatic heterocycles. The second-order valence-corrected chi connectivity index (χ2v) is 7.17. The number of non-ortho nitro benzene ring substituents is 1. The third-order valence-electron chi connectivity index (χ3n) is 2.69. The van der Waals surface area contributed by atoms with Crippen molar-refractivity contribution in [2.24, 2.45) is 0 Å². The molecule has 1 aromatic carbocycles. The van der Waals surface area contributed by atoms with Crippen LogP contribution in [-0.2, 0) is 4.79 Å². The van der Waals surface area contributed by atoms with E-state index in [1.165, 1.54) is 41.3 Å². The van der Waals surface area contributed by atoms with Gasteiger partial charge < -0.3 is 10.6 Å². The highest BCUT2D eigenvalue weighted by molar-refractivity contribution is 8.01. The van der Waals surface area contributed by atoms with Crippen molar-refractivity contribution in [1.29, 1.82) is 0 Å². The number of thioether (sulfide) groups is 1. The van der Waals surface area contributed by atoms with Gasteiger partial charge in [-0.2, -0.15) is 0 Å². The first-order chi connectivity index (χ1) is 11.5. The molecule has 8 nitrogen and oxygen atoms in total. The molecule has 0 aliphatic carbocycles. The largest absolute Gasteiger partial charge is 0.360 e. The van der Waals surface area contributed by atoms with E-state index >= 15 is 0 Å². The monoisotopic (exact) mass is 387 g/mol. The Kier molecular flexibility index (Phi) is 6.76. The maximum atomic E-state index is 12.0. The lowest BCUT2D eigenvalue weighted by molar-refractivity contribution is -0.384. The number of nitro groups is 1. The molecule has 0 radical (unpaired) electrons. The van der Waals surface area contributed by atoms with Gasteiger partial charge in [-0.25, -0.2) is 0 Å². The minimum Gasteiger partial charge on any atom is -0.360 e. The van der Waals surface area contributed by atoms with E-state index in [-0.39, 0.29) is 28.1 Å². The summed E-state index contributed by atoms with van der Waals surface area (Å²) in [6.07, 6.45) is 0.981. The van der Waals surface area contributed by atoms with Crippen molar-refractivity contribution >= 4 is 57.1 Å². The van der Waals surface area contributed by atoms with E-state index in [0.29, 0.717) is 9.47 Å². The molecule has 128 valence electrons. The molecule has 0 aliphatic rings. The number of nitro benzene ring substituents is 1. The molecule has 0 spiro atoms. The smallest absolute Gasteiger partial charge is 0.271 e. The first-order valence-electron chi connectivity index (χ1n) is 6.93. The van der Waals surface area contributed by atoms with Crippen LogP contribution < -0.4 is 10.6 Å². The third-order valence-corrected chi connectivity index (χ3v) is 5.04. The number of carbonyl (C=O) groups is 1. The molecule has 0 saturated heterocycles. The predicted molar refractivity (Wildman–Crippen MR) is 96.1 cm³/mol. The maximum Gasteiger partial charge on any atom is 0.271 e. The molecule has 1 heterocycles. The van der Waals surface area contributed by atoms with E-state index in [2.05, 4.69) is 20.8 Å². The summed E-state index contributed by atoms with van der Waals surface area (Å²) in [6, 6.07) is 3.88. The zero-order chi connectivity index (χ0) is 17.5. The average molecular weight is 388 g/mol. The van der Waals surface area contributed by atoms with Gasteiger partial charge in [0.2, 0.25) is 11.0 Å². The fourth-order valence-electron chi connectivity index (χ4n) is 1.61. The van der Waals surface area contributed by atoms with Crippen molar-refractivity contribution in [2.45, 2.75) is 17.7 Å². The number of nitrogens with one attached hydrogen (secondary N) is 2. The van der Waals surface area contributed by atoms with Gasteiger partial charge in [0, 0.05) is 18.7 Å². The molecule has 0 unspecified atom stereocenters. The van der Waals surface area contributed by atoms with E-state index in [1.54, 1.807) is 0 Å². The summed E-state index contributed by atoms with van der Waals surface area (Å²) in [5.74, 6) is -0.234. The quantitative estimate of drug-likeness (QED) is 0.404. The summed E-state index contributed by atoms with van der Waals surface area (Å²) in [5, 5.41) is 25.3. The second-order valence-electron chi connectivity index (χ2n) is 4.56. The Morgan fingerprint density at radius 1 is 1.46 bits per heavy atom. The standard InChI is InChI=1S/C13H14ClN5O3S2/c1-2-5-15-12-17-18-13(24-12)23-7-11(20)16-10-6-8(19(21)22)3-4-9(10)14/h3-4,6H,2,5,7H2,1H3,(H,15,17)(H,16,20). The van der Waals surface area contributed by atoms with E-state index < -0.39 is 4.92 Å². The molecule has 24 heavy (non-hydrogen) atoms. The van der Waals surface area contributed by atoms with Gasteiger partial charge >= 0.3 is 0 Å². The fourth-order valence-corrected chi connectivity index (χ4v) is 3.35. The molecule has 1 amide bonds. The topological polar surface area (TPSA) is 110 Å². The van der Waals surface area contributed by atoms with Crippen molar-refractivity contribution in [3.63, 3.8) is 0 Å². The Morgan fingerprint density at radius 2 is 2.25 bits per heavy atom. The molecule has 0 saturated carbocycles. The highest BCUT2D eigenvalue weighted by atomic mass is 35.5.